The molecule has 0 saturated carbocycles. The van der Waals surface area contributed by atoms with E-state index in [9.17, 15) is 14.9 Å². The van der Waals surface area contributed by atoms with Crippen molar-refractivity contribution in [2.45, 2.75) is 51.9 Å². The highest BCUT2D eigenvalue weighted by Crippen LogP contribution is 2.37. The number of aryl methyl sites for hydroxylation is 2. The molecule has 0 radical (unpaired) electrons. The predicted octanol–water partition coefficient (Wildman–Crippen LogP) is 4.97. The maximum atomic E-state index is 13.2. The molecule has 7 heteroatoms. The number of para-hydroxylation sites is 1. The molecule has 0 bridgehead atoms. The number of hydrogen-bond acceptors (Lipinski definition) is 6. The maximum absolute atomic E-state index is 13.2. The van der Waals surface area contributed by atoms with Gasteiger partial charge < -0.3 is 10.1 Å². The highest BCUT2D eigenvalue weighted by atomic mass is 32.1. The van der Waals surface area contributed by atoms with Gasteiger partial charge in [0.1, 0.15) is 11.1 Å². The fourth-order valence-corrected chi connectivity index (χ4v) is 6.19. The van der Waals surface area contributed by atoms with Crippen LogP contribution in [0.15, 0.2) is 24.3 Å². The van der Waals surface area contributed by atoms with Crippen molar-refractivity contribution in [3.05, 3.63) is 57.1 Å². The number of benzene rings is 1. The summed E-state index contributed by atoms with van der Waals surface area (Å²) in [5, 5.41) is 13.7. The van der Waals surface area contributed by atoms with Gasteiger partial charge in [0, 0.05) is 16.0 Å². The number of nitriles is 1. The SMILES string of the molecule is CC1CCc2nc3ccccc3c(C(=O)OCC(=O)Nc3sc4c(c3C#N)CCCC4)c2C1. The quantitative estimate of drug-likeness (QED) is 0.556. The number of rotatable bonds is 4. The van der Waals surface area contributed by atoms with Crippen LogP contribution < -0.4 is 5.32 Å². The number of esters is 1. The van der Waals surface area contributed by atoms with E-state index in [2.05, 4.69) is 18.3 Å². The van der Waals surface area contributed by atoms with Gasteiger partial charge in [-0.3, -0.25) is 9.78 Å². The number of hydrogen-bond donors (Lipinski definition) is 1. The maximum Gasteiger partial charge on any atom is 0.339 e. The van der Waals surface area contributed by atoms with Gasteiger partial charge in [-0.15, -0.1) is 11.3 Å². The van der Waals surface area contributed by atoms with Crippen LogP contribution in [0.4, 0.5) is 5.00 Å². The van der Waals surface area contributed by atoms with Crippen LogP contribution in [0.5, 0.6) is 0 Å². The van der Waals surface area contributed by atoms with Gasteiger partial charge in [-0.25, -0.2) is 4.79 Å². The lowest BCUT2D eigenvalue weighted by molar-refractivity contribution is -0.119. The van der Waals surface area contributed by atoms with Crippen LogP contribution in [0.2, 0.25) is 0 Å². The summed E-state index contributed by atoms with van der Waals surface area (Å²) < 4.78 is 5.49. The number of anilines is 1. The summed E-state index contributed by atoms with van der Waals surface area (Å²) >= 11 is 1.46. The third-order valence-electron chi connectivity index (χ3n) is 6.58. The molecule has 6 nitrogen and oxygen atoms in total. The molecule has 1 atom stereocenters. The van der Waals surface area contributed by atoms with Gasteiger partial charge >= 0.3 is 5.97 Å². The number of nitrogens with one attached hydrogen (secondary N) is 1. The monoisotopic (exact) mass is 459 g/mol. The molecule has 0 aliphatic heterocycles. The Morgan fingerprint density at radius 2 is 2.03 bits per heavy atom. The van der Waals surface area contributed by atoms with Gasteiger partial charge in [0.15, 0.2) is 6.61 Å². The second-order valence-corrected chi connectivity index (χ2v) is 10.0. The van der Waals surface area contributed by atoms with Gasteiger partial charge in [-0.2, -0.15) is 5.26 Å². The summed E-state index contributed by atoms with van der Waals surface area (Å²) in [6, 6.07) is 9.81. The van der Waals surface area contributed by atoms with Crippen LogP contribution in [0.25, 0.3) is 10.9 Å². The molecule has 5 rings (SSSR count). The van der Waals surface area contributed by atoms with Crippen LogP contribution in [0.1, 0.15) is 63.8 Å². The first kappa shape index (κ1) is 21.6. The number of thiophene rings is 1. The number of ether oxygens (including phenoxy) is 1. The highest BCUT2D eigenvalue weighted by Gasteiger charge is 2.27. The number of carbonyl (C=O) groups excluding carboxylic acids is 2. The Labute approximate surface area is 196 Å². The first-order valence-electron chi connectivity index (χ1n) is 11.5. The molecule has 0 fully saturated rings. The lowest BCUT2D eigenvalue weighted by Gasteiger charge is -2.24. The van der Waals surface area contributed by atoms with Crippen molar-refractivity contribution >= 4 is 39.1 Å². The minimum Gasteiger partial charge on any atom is -0.452 e. The van der Waals surface area contributed by atoms with Crippen molar-refractivity contribution in [3.8, 4) is 6.07 Å². The van der Waals surface area contributed by atoms with Crippen LogP contribution in [-0.4, -0.2) is 23.5 Å². The van der Waals surface area contributed by atoms with E-state index in [0.29, 0.717) is 22.0 Å². The van der Waals surface area contributed by atoms with Crippen molar-refractivity contribution < 1.29 is 14.3 Å². The topological polar surface area (TPSA) is 92.1 Å². The summed E-state index contributed by atoms with van der Waals surface area (Å²) in [6.45, 7) is 1.78. The third-order valence-corrected chi connectivity index (χ3v) is 7.79. The van der Waals surface area contributed by atoms with Crippen molar-refractivity contribution in [1.82, 2.24) is 4.98 Å². The molecule has 2 heterocycles. The number of pyridine rings is 1. The summed E-state index contributed by atoms with van der Waals surface area (Å²) in [5.74, 6) is -0.469. The summed E-state index contributed by atoms with van der Waals surface area (Å²) in [6.07, 6.45) is 6.63. The fourth-order valence-electron chi connectivity index (χ4n) is 4.93. The molecule has 33 heavy (non-hydrogen) atoms. The zero-order valence-corrected chi connectivity index (χ0v) is 19.4. The van der Waals surface area contributed by atoms with E-state index in [1.807, 2.05) is 24.3 Å². The van der Waals surface area contributed by atoms with E-state index in [0.717, 1.165) is 72.7 Å². The molecule has 1 aromatic carbocycles. The Bertz CT molecular complexity index is 1300. The fraction of sp³-hybridized carbons (Fsp3) is 0.385. The van der Waals surface area contributed by atoms with E-state index in [4.69, 9.17) is 9.72 Å². The average Bonchev–Trinajstić information content (AvgIpc) is 3.17. The van der Waals surface area contributed by atoms with Crippen molar-refractivity contribution in [3.63, 3.8) is 0 Å². The Kier molecular flexibility index (Phi) is 5.86. The number of amides is 1. The van der Waals surface area contributed by atoms with Crippen molar-refractivity contribution in [2.75, 3.05) is 11.9 Å². The molecule has 2 aromatic heterocycles. The smallest absolute Gasteiger partial charge is 0.339 e. The number of aromatic nitrogens is 1. The molecule has 168 valence electrons. The van der Waals surface area contributed by atoms with E-state index in [1.54, 1.807) is 0 Å². The molecule has 2 aliphatic rings. The Hall–Kier alpha value is -3.24. The first-order chi connectivity index (χ1) is 16.0. The molecule has 2 aliphatic carbocycles. The average molecular weight is 460 g/mol. The summed E-state index contributed by atoms with van der Waals surface area (Å²) in [7, 11) is 0. The van der Waals surface area contributed by atoms with E-state index < -0.39 is 18.5 Å². The van der Waals surface area contributed by atoms with Gasteiger partial charge in [-0.05, 0) is 68.1 Å². The van der Waals surface area contributed by atoms with E-state index >= 15 is 0 Å². The zero-order chi connectivity index (χ0) is 22.9. The first-order valence-corrected chi connectivity index (χ1v) is 12.3. The Balaban J connectivity index is 1.36. The van der Waals surface area contributed by atoms with Crippen molar-refractivity contribution in [1.29, 1.82) is 5.26 Å². The van der Waals surface area contributed by atoms with Crippen LogP contribution in [-0.2, 0) is 35.2 Å². The molecule has 1 N–H and O–H groups in total. The second-order valence-electron chi connectivity index (χ2n) is 8.93. The molecule has 1 unspecified atom stereocenters. The molecule has 3 aromatic rings. The Morgan fingerprint density at radius 3 is 2.88 bits per heavy atom. The summed E-state index contributed by atoms with van der Waals surface area (Å²) in [5.41, 5.74) is 4.80. The number of fused-ring (bicyclic) bond motifs is 3. The predicted molar refractivity (Wildman–Crippen MR) is 128 cm³/mol. The minimum absolute atomic E-state index is 0.396. The standard InChI is InChI=1S/C26H25N3O3S/c1-15-10-11-21-18(12-15)24(17-7-2-4-8-20(17)28-21)26(31)32-14-23(30)29-25-19(13-27)16-6-3-5-9-22(16)33-25/h2,4,7-8,15H,3,5-6,9-12,14H2,1H3,(H,29,30). The molecule has 0 saturated heterocycles. The third kappa shape index (κ3) is 4.11. The Morgan fingerprint density at radius 1 is 1.21 bits per heavy atom. The second kappa shape index (κ2) is 8.95. The molecular formula is C26H25N3O3S. The summed E-state index contributed by atoms with van der Waals surface area (Å²) in [4.78, 5) is 31.8. The number of carbonyl (C=O) groups is 2. The molecule has 0 spiro atoms. The highest BCUT2D eigenvalue weighted by molar-refractivity contribution is 7.16. The van der Waals surface area contributed by atoms with Crippen LogP contribution in [0.3, 0.4) is 0 Å². The molecular weight excluding hydrogens is 434 g/mol. The largest absolute Gasteiger partial charge is 0.452 e. The minimum atomic E-state index is -0.500. The van der Waals surface area contributed by atoms with Gasteiger partial charge in [0.25, 0.3) is 5.91 Å². The van der Waals surface area contributed by atoms with Gasteiger partial charge in [0.2, 0.25) is 0 Å². The van der Waals surface area contributed by atoms with Crippen LogP contribution >= 0.6 is 11.3 Å². The normalized spacial score (nSPS) is 17.0. The number of nitrogens with zero attached hydrogens (tertiary/aromatic N) is 2. The molecule has 1 amide bonds. The van der Waals surface area contributed by atoms with Gasteiger partial charge in [-0.1, -0.05) is 25.1 Å². The van der Waals surface area contributed by atoms with Crippen LogP contribution in [0, 0.1) is 17.2 Å². The van der Waals surface area contributed by atoms with Crippen molar-refractivity contribution in [2.24, 2.45) is 5.92 Å². The van der Waals surface area contributed by atoms with E-state index in [-0.39, 0.29) is 0 Å². The lowest BCUT2D eigenvalue weighted by Crippen LogP contribution is -2.23. The van der Waals surface area contributed by atoms with E-state index in [1.165, 1.54) is 16.2 Å². The van der Waals surface area contributed by atoms with Gasteiger partial charge in [0.05, 0.1) is 16.6 Å². The zero-order valence-electron chi connectivity index (χ0n) is 18.6. The lowest BCUT2D eigenvalue weighted by atomic mass is 9.84.